The maximum Gasteiger partial charge on any atom is 0.321 e. The molecule has 0 saturated heterocycles. The Hall–Kier alpha value is -2.08. The van der Waals surface area contributed by atoms with Gasteiger partial charge in [0, 0.05) is 12.1 Å². The molecule has 3 N–H and O–H groups in total. The number of imide groups is 1. The van der Waals surface area contributed by atoms with Crippen LogP contribution < -0.4 is 15.4 Å². The maximum absolute atomic E-state index is 11.8. The third kappa shape index (κ3) is 5.07. The van der Waals surface area contributed by atoms with Gasteiger partial charge in [0.1, 0.15) is 5.75 Å². The zero-order valence-corrected chi connectivity index (χ0v) is 12.8. The van der Waals surface area contributed by atoms with Crippen molar-refractivity contribution in [2.24, 2.45) is 0 Å². The van der Waals surface area contributed by atoms with E-state index >= 15 is 0 Å². The van der Waals surface area contributed by atoms with Crippen molar-refractivity contribution >= 4 is 11.9 Å². The molecule has 3 amide bonds. The average molecular weight is 294 g/mol. The molecule has 1 rings (SSSR count). The summed E-state index contributed by atoms with van der Waals surface area (Å²) in [6, 6.07) is 4.80. The number of ether oxygens (including phenoxy) is 1. The van der Waals surface area contributed by atoms with Gasteiger partial charge >= 0.3 is 6.03 Å². The van der Waals surface area contributed by atoms with E-state index in [9.17, 15) is 14.7 Å². The molecule has 0 bridgehead atoms. The van der Waals surface area contributed by atoms with Crippen molar-refractivity contribution < 1.29 is 19.4 Å². The standard InChI is InChI=1S/C15H22N2O4/c1-5-16-15(20)17-14(19)11(4)21-13-8-9(2)6-7-12(13)10(3)18/h6-8,10-11,18H,5H2,1-4H3,(H2,16,17,19,20). The number of hydrogen-bond acceptors (Lipinski definition) is 4. The third-order valence-electron chi connectivity index (χ3n) is 2.87. The second-order valence-electron chi connectivity index (χ2n) is 4.83. The fraction of sp³-hybridized carbons (Fsp3) is 0.467. The molecule has 0 heterocycles. The van der Waals surface area contributed by atoms with E-state index in [2.05, 4.69) is 10.6 Å². The van der Waals surface area contributed by atoms with Crippen LogP contribution in [0.4, 0.5) is 4.79 Å². The van der Waals surface area contributed by atoms with Crippen LogP contribution in [-0.4, -0.2) is 29.7 Å². The second kappa shape index (κ2) is 7.64. The van der Waals surface area contributed by atoms with Crippen LogP contribution in [0.5, 0.6) is 5.75 Å². The lowest BCUT2D eigenvalue weighted by molar-refractivity contribution is -0.126. The van der Waals surface area contributed by atoms with E-state index in [1.165, 1.54) is 0 Å². The largest absolute Gasteiger partial charge is 0.480 e. The molecule has 0 radical (unpaired) electrons. The zero-order valence-electron chi connectivity index (χ0n) is 12.8. The molecule has 0 aromatic heterocycles. The first kappa shape index (κ1) is 17.0. The fourth-order valence-electron chi connectivity index (χ4n) is 1.75. The summed E-state index contributed by atoms with van der Waals surface area (Å²) in [5.74, 6) is -0.109. The summed E-state index contributed by atoms with van der Waals surface area (Å²) in [6.07, 6.45) is -1.56. The first-order valence-corrected chi connectivity index (χ1v) is 6.89. The van der Waals surface area contributed by atoms with E-state index in [1.807, 2.05) is 13.0 Å². The van der Waals surface area contributed by atoms with Gasteiger partial charge in [-0.15, -0.1) is 0 Å². The second-order valence-corrected chi connectivity index (χ2v) is 4.83. The van der Waals surface area contributed by atoms with E-state index in [4.69, 9.17) is 4.74 Å². The van der Waals surface area contributed by atoms with Crippen LogP contribution in [0.3, 0.4) is 0 Å². The molecular formula is C15H22N2O4. The number of carbonyl (C=O) groups excluding carboxylic acids is 2. The average Bonchev–Trinajstić information content (AvgIpc) is 2.38. The summed E-state index contributed by atoms with van der Waals surface area (Å²) >= 11 is 0. The summed E-state index contributed by atoms with van der Waals surface area (Å²) in [7, 11) is 0. The molecule has 0 aliphatic carbocycles. The van der Waals surface area contributed by atoms with E-state index < -0.39 is 24.1 Å². The minimum absolute atomic E-state index is 0.429. The summed E-state index contributed by atoms with van der Waals surface area (Å²) in [5, 5.41) is 14.4. The van der Waals surface area contributed by atoms with Crippen LogP contribution in [-0.2, 0) is 4.79 Å². The third-order valence-corrected chi connectivity index (χ3v) is 2.87. The quantitative estimate of drug-likeness (QED) is 0.770. The Labute approximate surface area is 124 Å². The number of rotatable bonds is 5. The number of carbonyl (C=O) groups is 2. The van der Waals surface area contributed by atoms with Crippen molar-refractivity contribution in [1.29, 1.82) is 0 Å². The molecule has 0 spiro atoms. The number of aryl methyl sites for hydroxylation is 1. The van der Waals surface area contributed by atoms with Crippen LogP contribution in [0.15, 0.2) is 18.2 Å². The molecule has 1 aromatic carbocycles. The Bertz CT molecular complexity index is 514. The van der Waals surface area contributed by atoms with Crippen LogP contribution in [0, 0.1) is 6.92 Å². The lowest BCUT2D eigenvalue weighted by atomic mass is 10.1. The first-order valence-electron chi connectivity index (χ1n) is 6.89. The van der Waals surface area contributed by atoms with Crippen LogP contribution in [0.1, 0.15) is 38.0 Å². The van der Waals surface area contributed by atoms with Crippen molar-refractivity contribution in [3.05, 3.63) is 29.3 Å². The summed E-state index contributed by atoms with van der Waals surface area (Å²) < 4.78 is 5.58. The van der Waals surface area contributed by atoms with Crippen LogP contribution in [0.25, 0.3) is 0 Å². The first-order chi connectivity index (χ1) is 9.85. The molecule has 2 unspecified atom stereocenters. The lowest BCUT2D eigenvalue weighted by Crippen LogP contribution is -2.45. The van der Waals surface area contributed by atoms with Gasteiger partial charge in [-0.3, -0.25) is 10.1 Å². The summed E-state index contributed by atoms with van der Waals surface area (Å²) in [5.41, 5.74) is 1.55. The highest BCUT2D eigenvalue weighted by atomic mass is 16.5. The number of urea groups is 1. The maximum atomic E-state index is 11.8. The molecule has 21 heavy (non-hydrogen) atoms. The predicted octanol–water partition coefficient (Wildman–Crippen LogP) is 1.66. The summed E-state index contributed by atoms with van der Waals surface area (Å²) in [6.45, 7) is 7.24. The Morgan fingerprint density at radius 1 is 1.33 bits per heavy atom. The molecule has 116 valence electrons. The van der Waals surface area contributed by atoms with Gasteiger partial charge in [-0.2, -0.15) is 0 Å². The highest BCUT2D eigenvalue weighted by Crippen LogP contribution is 2.27. The minimum Gasteiger partial charge on any atom is -0.480 e. The zero-order chi connectivity index (χ0) is 16.0. The minimum atomic E-state index is -0.855. The SMILES string of the molecule is CCNC(=O)NC(=O)C(C)Oc1cc(C)ccc1C(C)O. The smallest absolute Gasteiger partial charge is 0.321 e. The molecule has 0 saturated carbocycles. The summed E-state index contributed by atoms with van der Waals surface area (Å²) in [4.78, 5) is 23.1. The normalized spacial score (nSPS) is 13.2. The van der Waals surface area contributed by atoms with E-state index in [-0.39, 0.29) is 0 Å². The number of amides is 3. The van der Waals surface area contributed by atoms with Gasteiger partial charge in [-0.25, -0.2) is 4.79 Å². The number of aliphatic hydroxyl groups excluding tert-OH is 1. The molecule has 6 nitrogen and oxygen atoms in total. The molecule has 6 heteroatoms. The monoisotopic (exact) mass is 294 g/mol. The predicted molar refractivity (Wildman–Crippen MR) is 79.1 cm³/mol. The van der Waals surface area contributed by atoms with Gasteiger partial charge in [0.05, 0.1) is 6.10 Å². The molecule has 0 fully saturated rings. The van der Waals surface area contributed by atoms with Crippen LogP contribution in [0.2, 0.25) is 0 Å². The Morgan fingerprint density at radius 2 is 2.00 bits per heavy atom. The Kier molecular flexibility index (Phi) is 6.17. The number of aliphatic hydroxyl groups is 1. The molecule has 0 aliphatic heterocycles. The van der Waals surface area contributed by atoms with Crippen molar-refractivity contribution in [2.45, 2.75) is 39.9 Å². The topological polar surface area (TPSA) is 87.7 Å². The molecule has 0 aliphatic rings. The van der Waals surface area contributed by atoms with Gasteiger partial charge in [0.2, 0.25) is 0 Å². The van der Waals surface area contributed by atoms with Gasteiger partial charge < -0.3 is 15.2 Å². The van der Waals surface area contributed by atoms with Gasteiger partial charge in [0.15, 0.2) is 6.10 Å². The van der Waals surface area contributed by atoms with Crippen LogP contribution >= 0.6 is 0 Å². The highest BCUT2D eigenvalue weighted by molar-refractivity contribution is 5.96. The molecule has 1 aromatic rings. The fourth-order valence-corrected chi connectivity index (χ4v) is 1.75. The Morgan fingerprint density at radius 3 is 2.57 bits per heavy atom. The highest BCUT2D eigenvalue weighted by Gasteiger charge is 2.19. The van der Waals surface area contributed by atoms with E-state index in [0.29, 0.717) is 17.9 Å². The Balaban J connectivity index is 2.78. The number of hydrogen-bond donors (Lipinski definition) is 3. The van der Waals surface area contributed by atoms with Gasteiger partial charge in [-0.05, 0) is 39.3 Å². The van der Waals surface area contributed by atoms with Crippen molar-refractivity contribution in [2.75, 3.05) is 6.54 Å². The van der Waals surface area contributed by atoms with Gasteiger partial charge in [-0.1, -0.05) is 12.1 Å². The molecule has 2 atom stereocenters. The van der Waals surface area contributed by atoms with Gasteiger partial charge in [0.25, 0.3) is 5.91 Å². The number of nitrogens with one attached hydrogen (secondary N) is 2. The van der Waals surface area contributed by atoms with E-state index in [0.717, 1.165) is 5.56 Å². The molecular weight excluding hydrogens is 272 g/mol. The van der Waals surface area contributed by atoms with Crippen molar-refractivity contribution in [3.8, 4) is 5.75 Å². The lowest BCUT2D eigenvalue weighted by Gasteiger charge is -2.18. The van der Waals surface area contributed by atoms with E-state index in [1.54, 1.807) is 32.9 Å². The van der Waals surface area contributed by atoms with Crippen molar-refractivity contribution in [1.82, 2.24) is 10.6 Å². The van der Waals surface area contributed by atoms with Crippen molar-refractivity contribution in [3.63, 3.8) is 0 Å². The number of benzene rings is 1.